The number of unbranched alkanes of at least 4 members (excludes halogenated alkanes) is 3. The van der Waals surface area contributed by atoms with E-state index in [0.717, 1.165) is 53.2 Å². The van der Waals surface area contributed by atoms with E-state index in [2.05, 4.69) is 15.3 Å². The Morgan fingerprint density at radius 3 is 2.49 bits per heavy atom. The Kier molecular flexibility index (Phi) is 8.46. The molecule has 4 aromatic rings. The first-order valence-electron chi connectivity index (χ1n) is 14.1. The number of nitrogens with one attached hydrogen (secondary N) is 3. The summed E-state index contributed by atoms with van der Waals surface area (Å²) in [6.07, 6.45) is 7.82. The Balaban J connectivity index is 1.27. The van der Waals surface area contributed by atoms with Crippen LogP contribution in [0.25, 0.3) is 21.9 Å². The minimum Gasteiger partial charge on any atom is -0.361 e. The summed E-state index contributed by atoms with van der Waals surface area (Å²) in [7, 11) is 0. The number of aromatic amines is 2. The van der Waals surface area contributed by atoms with Gasteiger partial charge < -0.3 is 25.9 Å². The maximum Gasteiger partial charge on any atom is 0.326 e. The van der Waals surface area contributed by atoms with Gasteiger partial charge in [0.2, 0.25) is 11.8 Å². The van der Waals surface area contributed by atoms with Gasteiger partial charge in [0.1, 0.15) is 6.04 Å². The van der Waals surface area contributed by atoms with Gasteiger partial charge in [-0.1, -0.05) is 43.2 Å². The number of benzene rings is 2. The summed E-state index contributed by atoms with van der Waals surface area (Å²) in [6.45, 7) is 1.74. The first-order valence-corrected chi connectivity index (χ1v) is 14.1. The third kappa shape index (κ3) is 6.09. The number of carbonyl (C=O) groups is 2. The minimum absolute atomic E-state index is 0.0212. The lowest BCUT2D eigenvalue weighted by Gasteiger charge is -2.35. The van der Waals surface area contributed by atoms with E-state index < -0.39 is 6.04 Å². The van der Waals surface area contributed by atoms with Crippen LogP contribution in [0.4, 0.5) is 0 Å². The van der Waals surface area contributed by atoms with Crippen LogP contribution < -0.4 is 16.7 Å². The first-order chi connectivity index (χ1) is 19.0. The lowest BCUT2D eigenvalue weighted by molar-refractivity contribution is -0.137. The van der Waals surface area contributed by atoms with E-state index in [1.54, 1.807) is 0 Å². The molecule has 1 aliphatic rings. The number of H-pyrrole nitrogens is 2. The van der Waals surface area contributed by atoms with Gasteiger partial charge in [0.25, 0.3) is 0 Å². The molecule has 9 heteroatoms. The molecule has 2 amide bonds. The topological polar surface area (TPSA) is 129 Å². The molecule has 0 aliphatic carbocycles. The predicted octanol–water partition coefficient (Wildman–Crippen LogP) is 3.61. The number of rotatable bonds is 11. The summed E-state index contributed by atoms with van der Waals surface area (Å²) >= 11 is 0. The summed E-state index contributed by atoms with van der Waals surface area (Å²) in [5, 5.41) is 4.11. The van der Waals surface area contributed by atoms with Crippen molar-refractivity contribution in [3.63, 3.8) is 0 Å². The van der Waals surface area contributed by atoms with E-state index in [1.807, 2.05) is 64.2 Å². The molecule has 0 saturated carbocycles. The van der Waals surface area contributed by atoms with E-state index in [1.165, 1.54) is 0 Å². The molecule has 0 spiro atoms. The number of nitrogens with zero attached hydrogens (tertiary/aromatic N) is 2. The van der Waals surface area contributed by atoms with Gasteiger partial charge in [-0.2, -0.15) is 0 Å². The Labute approximate surface area is 227 Å². The zero-order valence-electron chi connectivity index (χ0n) is 22.3. The van der Waals surface area contributed by atoms with Crippen molar-refractivity contribution in [2.24, 2.45) is 5.73 Å². The standard InChI is InChI=1S/C30H38N6O3/c31-16-8-2-1-3-13-28(37)33-26(19-21-20-32-24-10-5-4-9-23(21)24)29(38)35-17-14-22(15-18-35)36-27-12-7-6-11-25(27)34-30(36)39/h4-7,9-12,20,22,26,32H,1-3,8,13-19,31H2,(H,33,37)(H,34,39). The fraction of sp³-hybridized carbons (Fsp3) is 0.433. The molecule has 39 heavy (non-hydrogen) atoms. The van der Waals surface area contributed by atoms with Crippen LogP contribution in [0, 0.1) is 0 Å². The van der Waals surface area contributed by atoms with Crippen molar-refractivity contribution in [2.45, 2.75) is 63.5 Å². The second-order valence-electron chi connectivity index (χ2n) is 10.5. The molecule has 1 fully saturated rings. The number of imidazole rings is 1. The van der Waals surface area contributed by atoms with Crippen LogP contribution in [0.3, 0.4) is 0 Å². The number of nitrogens with two attached hydrogens (primary N) is 1. The van der Waals surface area contributed by atoms with Crippen LogP contribution in [-0.2, 0) is 16.0 Å². The monoisotopic (exact) mass is 530 g/mol. The largest absolute Gasteiger partial charge is 0.361 e. The van der Waals surface area contributed by atoms with Crippen LogP contribution >= 0.6 is 0 Å². The van der Waals surface area contributed by atoms with E-state index >= 15 is 0 Å². The van der Waals surface area contributed by atoms with Gasteiger partial charge in [0.05, 0.1) is 11.0 Å². The quantitative estimate of drug-likeness (QED) is 0.221. The van der Waals surface area contributed by atoms with Crippen molar-refractivity contribution in [2.75, 3.05) is 19.6 Å². The Hall–Kier alpha value is -3.85. The first kappa shape index (κ1) is 26.7. The zero-order chi connectivity index (χ0) is 27.2. The number of para-hydroxylation sites is 3. The SMILES string of the molecule is NCCCCCCC(=O)NC(Cc1c[nH]c2ccccc12)C(=O)N1CCC(n2c(=O)[nH]c3ccccc32)CC1. The van der Waals surface area contributed by atoms with Gasteiger partial charge in [-0.25, -0.2) is 4.79 Å². The number of likely N-dealkylation sites (tertiary alicyclic amines) is 1. The van der Waals surface area contributed by atoms with Gasteiger partial charge in [-0.3, -0.25) is 14.2 Å². The third-order valence-corrected chi connectivity index (χ3v) is 7.86. The van der Waals surface area contributed by atoms with E-state index in [0.29, 0.717) is 45.3 Å². The summed E-state index contributed by atoms with van der Waals surface area (Å²) in [5.41, 5.74) is 9.19. The predicted molar refractivity (Wildman–Crippen MR) is 153 cm³/mol. The highest BCUT2D eigenvalue weighted by molar-refractivity contribution is 5.89. The van der Waals surface area contributed by atoms with E-state index in [4.69, 9.17) is 5.73 Å². The van der Waals surface area contributed by atoms with Gasteiger partial charge in [0, 0.05) is 49.1 Å². The van der Waals surface area contributed by atoms with Crippen LogP contribution in [0.15, 0.2) is 59.5 Å². The number of aromatic nitrogens is 3. The summed E-state index contributed by atoms with van der Waals surface area (Å²) in [6, 6.07) is 15.1. The fourth-order valence-electron chi connectivity index (χ4n) is 5.77. The van der Waals surface area contributed by atoms with E-state index in [9.17, 15) is 14.4 Å². The molecule has 5 rings (SSSR count). The van der Waals surface area contributed by atoms with Gasteiger partial charge >= 0.3 is 5.69 Å². The van der Waals surface area contributed by atoms with E-state index in [-0.39, 0.29) is 23.5 Å². The van der Waals surface area contributed by atoms with Crippen molar-refractivity contribution in [3.05, 3.63) is 70.8 Å². The van der Waals surface area contributed by atoms with Gasteiger partial charge in [-0.15, -0.1) is 0 Å². The molecule has 3 heterocycles. The molecule has 9 nitrogen and oxygen atoms in total. The van der Waals surface area contributed by atoms with Gasteiger partial charge in [0.15, 0.2) is 0 Å². The molecule has 206 valence electrons. The Bertz CT molecular complexity index is 1480. The normalized spacial score (nSPS) is 15.2. The average Bonchev–Trinajstić information content (AvgIpc) is 3.52. The van der Waals surface area contributed by atoms with Crippen molar-refractivity contribution < 1.29 is 9.59 Å². The second-order valence-corrected chi connectivity index (χ2v) is 10.5. The molecule has 0 radical (unpaired) electrons. The smallest absolute Gasteiger partial charge is 0.326 e. The second kappa shape index (κ2) is 12.3. The molecule has 0 bridgehead atoms. The number of hydrogen-bond donors (Lipinski definition) is 4. The molecule has 2 aromatic heterocycles. The van der Waals surface area contributed by atoms with Gasteiger partial charge in [-0.05, 0) is 56.0 Å². The van der Waals surface area contributed by atoms with Crippen LogP contribution in [0.2, 0.25) is 0 Å². The maximum absolute atomic E-state index is 13.8. The highest BCUT2D eigenvalue weighted by atomic mass is 16.2. The molecular formula is C30H38N6O3. The highest BCUT2D eigenvalue weighted by Crippen LogP contribution is 2.26. The van der Waals surface area contributed by atoms with Crippen LogP contribution in [-0.4, -0.2) is 56.9 Å². The zero-order valence-corrected chi connectivity index (χ0v) is 22.3. The number of hydrogen-bond acceptors (Lipinski definition) is 4. The van der Waals surface area contributed by atoms with Crippen LogP contribution in [0.5, 0.6) is 0 Å². The minimum atomic E-state index is -0.645. The Morgan fingerprint density at radius 1 is 0.974 bits per heavy atom. The maximum atomic E-state index is 13.8. The van der Waals surface area contributed by atoms with Crippen molar-refractivity contribution in [1.82, 2.24) is 24.8 Å². The van der Waals surface area contributed by atoms with Crippen LogP contribution in [0.1, 0.15) is 56.6 Å². The lowest BCUT2D eigenvalue weighted by Crippen LogP contribution is -2.52. The molecular weight excluding hydrogens is 492 g/mol. The molecule has 2 aromatic carbocycles. The Morgan fingerprint density at radius 2 is 1.69 bits per heavy atom. The molecule has 1 saturated heterocycles. The number of piperidine rings is 1. The third-order valence-electron chi connectivity index (χ3n) is 7.86. The number of fused-ring (bicyclic) bond motifs is 2. The molecule has 1 aliphatic heterocycles. The number of carbonyl (C=O) groups excluding carboxylic acids is 2. The molecule has 5 N–H and O–H groups in total. The average molecular weight is 531 g/mol. The summed E-state index contributed by atoms with van der Waals surface area (Å²) in [4.78, 5) is 47.4. The highest BCUT2D eigenvalue weighted by Gasteiger charge is 2.31. The summed E-state index contributed by atoms with van der Waals surface area (Å²) in [5.74, 6) is -0.164. The number of amides is 2. The molecule has 1 unspecified atom stereocenters. The lowest BCUT2D eigenvalue weighted by atomic mass is 10.00. The summed E-state index contributed by atoms with van der Waals surface area (Å²) < 4.78 is 1.83. The van der Waals surface area contributed by atoms with Crippen molar-refractivity contribution in [1.29, 1.82) is 0 Å². The van der Waals surface area contributed by atoms with Crippen molar-refractivity contribution in [3.8, 4) is 0 Å². The van der Waals surface area contributed by atoms with Crippen molar-refractivity contribution >= 4 is 33.8 Å². The molecule has 1 atom stereocenters. The fourth-order valence-corrected chi connectivity index (χ4v) is 5.77.